The predicted octanol–water partition coefficient (Wildman–Crippen LogP) is 2.70. The maximum Gasteiger partial charge on any atom is 0.309 e. The number of methoxy groups -OCH3 is 1. The zero-order chi connectivity index (χ0) is 12.0. The van der Waals surface area contributed by atoms with Crippen LogP contribution in [0, 0.1) is 5.92 Å². The highest BCUT2D eigenvalue weighted by molar-refractivity contribution is 5.72. The molecule has 0 bridgehead atoms. The highest BCUT2D eigenvalue weighted by Crippen LogP contribution is 2.23. The Hall–Kier alpha value is -0.830. The number of allylic oxidation sites excluding steroid dienone is 1. The van der Waals surface area contributed by atoms with Crippen LogP contribution < -0.4 is 0 Å². The lowest BCUT2D eigenvalue weighted by molar-refractivity contribution is -0.152. The third kappa shape index (κ3) is 3.63. The van der Waals surface area contributed by atoms with Crippen LogP contribution in [0.4, 0.5) is 0 Å². The topological polar surface area (TPSA) is 35.5 Å². The first kappa shape index (κ1) is 13.2. The summed E-state index contributed by atoms with van der Waals surface area (Å²) in [7, 11) is 1.67. The molecule has 1 aliphatic carbocycles. The lowest BCUT2D eigenvalue weighted by Crippen LogP contribution is -2.27. The van der Waals surface area contributed by atoms with Crippen LogP contribution in [0.25, 0.3) is 0 Å². The molecule has 3 heteroatoms. The molecule has 92 valence electrons. The van der Waals surface area contributed by atoms with Crippen LogP contribution in [0.1, 0.15) is 39.5 Å². The third-order valence-corrected chi connectivity index (χ3v) is 3.07. The molecule has 0 aromatic rings. The van der Waals surface area contributed by atoms with Gasteiger partial charge in [-0.25, -0.2) is 0 Å². The minimum atomic E-state index is -0.0867. The van der Waals surface area contributed by atoms with E-state index in [1.54, 1.807) is 7.11 Å². The average molecular weight is 226 g/mol. The number of carbonyl (C=O) groups excluding carboxylic acids is 1. The lowest BCUT2D eigenvalue weighted by atomic mass is 9.96. The first-order chi connectivity index (χ1) is 7.69. The zero-order valence-electron chi connectivity index (χ0n) is 10.5. The fourth-order valence-corrected chi connectivity index (χ4v) is 1.78. The molecule has 0 amide bonds. The summed E-state index contributed by atoms with van der Waals surface area (Å²) >= 11 is 0. The van der Waals surface area contributed by atoms with Gasteiger partial charge in [-0.2, -0.15) is 0 Å². The molecule has 0 saturated heterocycles. The highest BCUT2D eigenvalue weighted by atomic mass is 16.5. The quantitative estimate of drug-likeness (QED) is 0.534. The molecular weight excluding hydrogens is 204 g/mol. The summed E-state index contributed by atoms with van der Waals surface area (Å²) in [5.74, 6) is -0.0953. The van der Waals surface area contributed by atoms with E-state index in [9.17, 15) is 4.79 Å². The van der Waals surface area contributed by atoms with E-state index in [1.807, 2.05) is 13.8 Å². The molecule has 0 aromatic carbocycles. The largest absolute Gasteiger partial charge is 0.458 e. The summed E-state index contributed by atoms with van der Waals surface area (Å²) in [6, 6.07) is 0. The molecule has 2 unspecified atom stereocenters. The molecule has 1 aliphatic rings. The van der Waals surface area contributed by atoms with E-state index in [1.165, 1.54) is 0 Å². The molecule has 3 nitrogen and oxygen atoms in total. The Kier molecular flexibility index (Phi) is 5.53. The lowest BCUT2D eigenvalue weighted by Gasteiger charge is -2.25. The molecule has 0 radical (unpaired) electrons. The van der Waals surface area contributed by atoms with Crippen LogP contribution in [0.5, 0.6) is 0 Å². The molecule has 0 fully saturated rings. The normalized spacial score (nSPS) is 22.4. The van der Waals surface area contributed by atoms with Crippen molar-refractivity contribution in [2.75, 3.05) is 13.7 Å². The maximum absolute atomic E-state index is 11.7. The Bertz CT molecular complexity index is 258. The van der Waals surface area contributed by atoms with Gasteiger partial charge in [0.05, 0.1) is 12.5 Å². The van der Waals surface area contributed by atoms with Crippen molar-refractivity contribution in [1.82, 2.24) is 0 Å². The summed E-state index contributed by atoms with van der Waals surface area (Å²) in [6.45, 7) is 4.47. The summed E-state index contributed by atoms with van der Waals surface area (Å²) in [5.41, 5.74) is 1.12. The summed E-state index contributed by atoms with van der Waals surface area (Å²) in [4.78, 5) is 11.7. The predicted molar refractivity (Wildman–Crippen MR) is 63.1 cm³/mol. The molecule has 2 atom stereocenters. The minimum Gasteiger partial charge on any atom is -0.458 e. The Morgan fingerprint density at radius 3 is 3.00 bits per heavy atom. The first-order valence-corrected chi connectivity index (χ1v) is 6.07. The average Bonchev–Trinajstić information content (AvgIpc) is 2.31. The van der Waals surface area contributed by atoms with Crippen molar-refractivity contribution in [1.29, 1.82) is 0 Å². The van der Waals surface area contributed by atoms with Gasteiger partial charge < -0.3 is 9.47 Å². The number of rotatable bonds is 5. The molecule has 16 heavy (non-hydrogen) atoms. The van der Waals surface area contributed by atoms with E-state index in [-0.39, 0.29) is 18.0 Å². The monoisotopic (exact) mass is 226 g/mol. The second-order valence-electron chi connectivity index (χ2n) is 4.38. The highest BCUT2D eigenvalue weighted by Gasteiger charge is 2.23. The first-order valence-electron chi connectivity index (χ1n) is 6.07. The summed E-state index contributed by atoms with van der Waals surface area (Å²) in [5, 5.41) is 0. The van der Waals surface area contributed by atoms with Gasteiger partial charge in [0.25, 0.3) is 0 Å². The number of carbonyl (C=O) groups is 1. The number of hydrogen-bond acceptors (Lipinski definition) is 3. The molecule has 0 aromatic heterocycles. The molecule has 1 rings (SSSR count). The standard InChI is InChI=1S/C13H22O3/c1-4-10(2)13(14)16-12-8-6-5-7-11(12)9-15-3/h7,10,12H,4-6,8-9H2,1-3H3. The maximum atomic E-state index is 11.7. The van der Waals surface area contributed by atoms with Crippen molar-refractivity contribution in [2.45, 2.75) is 45.6 Å². The van der Waals surface area contributed by atoms with Gasteiger partial charge in [0, 0.05) is 7.11 Å². The van der Waals surface area contributed by atoms with Crippen LogP contribution in [-0.2, 0) is 14.3 Å². The fraction of sp³-hybridized carbons (Fsp3) is 0.769. The van der Waals surface area contributed by atoms with Gasteiger partial charge in [-0.3, -0.25) is 4.79 Å². The fourth-order valence-electron chi connectivity index (χ4n) is 1.78. The van der Waals surface area contributed by atoms with Crippen molar-refractivity contribution in [3.63, 3.8) is 0 Å². The molecular formula is C13H22O3. The van der Waals surface area contributed by atoms with Gasteiger partial charge >= 0.3 is 5.97 Å². The van der Waals surface area contributed by atoms with E-state index in [0.717, 1.165) is 31.3 Å². The number of hydrogen-bond donors (Lipinski definition) is 0. The second-order valence-corrected chi connectivity index (χ2v) is 4.38. The Labute approximate surface area is 97.8 Å². The van der Waals surface area contributed by atoms with Crippen molar-refractivity contribution in [3.8, 4) is 0 Å². The van der Waals surface area contributed by atoms with E-state index in [2.05, 4.69) is 6.08 Å². The van der Waals surface area contributed by atoms with E-state index in [0.29, 0.717) is 6.61 Å². The Balaban J connectivity index is 2.54. The number of ether oxygens (including phenoxy) is 2. The van der Waals surface area contributed by atoms with Gasteiger partial charge in [-0.15, -0.1) is 0 Å². The van der Waals surface area contributed by atoms with Crippen molar-refractivity contribution >= 4 is 5.97 Å². The van der Waals surface area contributed by atoms with Crippen LogP contribution in [-0.4, -0.2) is 25.8 Å². The van der Waals surface area contributed by atoms with Crippen molar-refractivity contribution < 1.29 is 14.3 Å². The van der Waals surface area contributed by atoms with E-state index >= 15 is 0 Å². The van der Waals surface area contributed by atoms with Gasteiger partial charge in [0.15, 0.2) is 0 Å². The SMILES string of the molecule is CCC(C)C(=O)OC1CCCC=C1COC. The third-order valence-electron chi connectivity index (χ3n) is 3.07. The van der Waals surface area contributed by atoms with Gasteiger partial charge in [0.2, 0.25) is 0 Å². The second kappa shape index (κ2) is 6.69. The molecule has 0 heterocycles. The van der Waals surface area contributed by atoms with E-state index in [4.69, 9.17) is 9.47 Å². The minimum absolute atomic E-state index is 0.00859. The molecule has 0 N–H and O–H groups in total. The van der Waals surface area contributed by atoms with Crippen LogP contribution in [0.2, 0.25) is 0 Å². The van der Waals surface area contributed by atoms with Crippen molar-refractivity contribution in [3.05, 3.63) is 11.6 Å². The molecule has 0 saturated carbocycles. The van der Waals surface area contributed by atoms with Crippen LogP contribution >= 0.6 is 0 Å². The Morgan fingerprint density at radius 2 is 2.38 bits per heavy atom. The van der Waals surface area contributed by atoms with Gasteiger partial charge in [-0.1, -0.05) is 19.9 Å². The summed E-state index contributed by atoms with van der Waals surface area (Å²) in [6.07, 6.45) is 5.99. The molecule has 0 spiro atoms. The zero-order valence-corrected chi connectivity index (χ0v) is 10.5. The van der Waals surface area contributed by atoms with Crippen molar-refractivity contribution in [2.24, 2.45) is 5.92 Å². The van der Waals surface area contributed by atoms with Gasteiger partial charge in [-0.05, 0) is 31.3 Å². The Morgan fingerprint density at radius 1 is 1.62 bits per heavy atom. The molecule has 0 aliphatic heterocycles. The van der Waals surface area contributed by atoms with Crippen LogP contribution in [0.3, 0.4) is 0 Å². The summed E-state index contributed by atoms with van der Waals surface area (Å²) < 4.78 is 10.6. The van der Waals surface area contributed by atoms with E-state index < -0.39 is 0 Å². The number of esters is 1. The smallest absolute Gasteiger partial charge is 0.309 e. The van der Waals surface area contributed by atoms with Gasteiger partial charge in [0.1, 0.15) is 6.10 Å². The van der Waals surface area contributed by atoms with Crippen LogP contribution in [0.15, 0.2) is 11.6 Å².